The Morgan fingerprint density at radius 3 is 2.41 bits per heavy atom. The van der Waals surface area contributed by atoms with Crippen LogP contribution in [0.15, 0.2) is 40.9 Å². The van der Waals surface area contributed by atoms with Crippen LogP contribution in [0.2, 0.25) is 0 Å². The van der Waals surface area contributed by atoms with Crippen LogP contribution in [0.5, 0.6) is 11.5 Å². The number of benzene rings is 2. The van der Waals surface area contributed by atoms with Gasteiger partial charge in [0.25, 0.3) is 0 Å². The first-order valence-corrected chi connectivity index (χ1v) is 10.3. The van der Waals surface area contributed by atoms with Crippen LogP contribution in [0, 0.1) is 6.92 Å². The monoisotopic (exact) mass is 435 g/mol. The van der Waals surface area contributed by atoms with E-state index in [0.29, 0.717) is 13.2 Å². The Balaban J connectivity index is 1.98. The van der Waals surface area contributed by atoms with E-state index >= 15 is 0 Å². The maximum atomic E-state index is 6.03. The normalized spacial score (nSPS) is 10.8. The quantitative estimate of drug-likeness (QED) is 0.462. The number of ether oxygens (including phenoxy) is 3. The van der Waals surface area contributed by atoms with Gasteiger partial charge in [0.15, 0.2) is 11.5 Å². The summed E-state index contributed by atoms with van der Waals surface area (Å²) >= 11 is 3.66. The van der Waals surface area contributed by atoms with Crippen LogP contribution in [-0.2, 0) is 17.9 Å². The predicted octanol–water partition coefficient (Wildman–Crippen LogP) is 5.25. The summed E-state index contributed by atoms with van der Waals surface area (Å²) in [5, 5.41) is 3.45. The molecule has 0 aromatic heterocycles. The van der Waals surface area contributed by atoms with Crippen molar-refractivity contribution in [2.24, 2.45) is 0 Å². The van der Waals surface area contributed by atoms with E-state index in [-0.39, 0.29) is 0 Å². The van der Waals surface area contributed by atoms with Crippen LogP contribution in [0.25, 0.3) is 0 Å². The van der Waals surface area contributed by atoms with E-state index in [1.54, 1.807) is 0 Å². The first kappa shape index (κ1) is 21.7. The fourth-order valence-corrected chi connectivity index (χ4v) is 3.07. The fourth-order valence-electron chi connectivity index (χ4n) is 2.61. The van der Waals surface area contributed by atoms with Gasteiger partial charge in [-0.3, -0.25) is 0 Å². The second-order valence-corrected chi connectivity index (χ2v) is 7.18. The first-order chi connectivity index (χ1) is 13.1. The number of hydrogen-bond donors (Lipinski definition) is 1. The number of nitrogens with one attached hydrogen (secondary N) is 1. The molecule has 0 bridgehead atoms. The predicted molar refractivity (Wildman–Crippen MR) is 114 cm³/mol. The zero-order valence-corrected chi connectivity index (χ0v) is 18.1. The maximum Gasteiger partial charge on any atom is 0.162 e. The van der Waals surface area contributed by atoms with E-state index in [1.807, 2.05) is 26.0 Å². The molecular weight excluding hydrogens is 406 g/mol. The molecule has 0 fully saturated rings. The van der Waals surface area contributed by atoms with Crippen molar-refractivity contribution in [1.29, 1.82) is 0 Å². The summed E-state index contributed by atoms with van der Waals surface area (Å²) in [7, 11) is 0. The zero-order valence-electron chi connectivity index (χ0n) is 16.5. The van der Waals surface area contributed by atoms with E-state index in [4.69, 9.17) is 14.2 Å². The summed E-state index contributed by atoms with van der Waals surface area (Å²) in [4.78, 5) is 0. The molecule has 2 rings (SSSR count). The molecule has 0 unspecified atom stereocenters. The van der Waals surface area contributed by atoms with Gasteiger partial charge in [0.1, 0.15) is 6.61 Å². The van der Waals surface area contributed by atoms with Gasteiger partial charge in [-0.25, -0.2) is 0 Å². The van der Waals surface area contributed by atoms with Crippen LogP contribution in [0.4, 0.5) is 0 Å². The highest BCUT2D eigenvalue weighted by molar-refractivity contribution is 9.10. The summed E-state index contributed by atoms with van der Waals surface area (Å²) in [5.74, 6) is 1.53. The van der Waals surface area contributed by atoms with Crippen LogP contribution in [0.1, 0.15) is 37.0 Å². The maximum absolute atomic E-state index is 6.03. The average molecular weight is 436 g/mol. The minimum atomic E-state index is 0.516. The Morgan fingerprint density at radius 1 is 0.963 bits per heavy atom. The van der Waals surface area contributed by atoms with Gasteiger partial charge in [-0.05, 0) is 57.0 Å². The third-order valence-corrected chi connectivity index (χ3v) is 4.83. The van der Waals surface area contributed by atoms with E-state index in [0.717, 1.165) is 59.8 Å². The van der Waals surface area contributed by atoms with Crippen LogP contribution >= 0.6 is 15.9 Å². The Kier molecular flexibility index (Phi) is 9.67. The second kappa shape index (κ2) is 12.0. The highest BCUT2D eigenvalue weighted by Gasteiger charge is 2.11. The van der Waals surface area contributed by atoms with Crippen molar-refractivity contribution in [3.05, 3.63) is 57.6 Å². The largest absolute Gasteiger partial charge is 0.490 e. The van der Waals surface area contributed by atoms with Crippen LogP contribution in [0.3, 0.4) is 0 Å². The number of rotatable bonds is 12. The lowest BCUT2D eigenvalue weighted by atomic mass is 10.1. The van der Waals surface area contributed by atoms with Crippen molar-refractivity contribution in [1.82, 2.24) is 5.32 Å². The molecule has 0 aliphatic carbocycles. The summed E-state index contributed by atoms with van der Waals surface area (Å²) in [6, 6.07) is 12.4. The van der Waals surface area contributed by atoms with Crippen molar-refractivity contribution in [3.63, 3.8) is 0 Å². The third kappa shape index (κ3) is 7.53. The zero-order chi connectivity index (χ0) is 19.5. The fraction of sp³-hybridized carbons (Fsp3) is 0.455. The molecule has 0 spiro atoms. The van der Waals surface area contributed by atoms with Gasteiger partial charge in [0.2, 0.25) is 0 Å². The van der Waals surface area contributed by atoms with Gasteiger partial charge in [0, 0.05) is 24.2 Å². The van der Waals surface area contributed by atoms with Crippen LogP contribution in [-0.4, -0.2) is 26.4 Å². The summed E-state index contributed by atoms with van der Waals surface area (Å²) in [6.07, 6.45) is 1.00. The molecule has 0 radical (unpaired) electrons. The molecule has 2 aromatic carbocycles. The molecule has 0 saturated heterocycles. The molecule has 0 saturated carbocycles. The molecule has 1 N–H and O–H groups in total. The van der Waals surface area contributed by atoms with E-state index in [2.05, 4.69) is 52.4 Å². The Morgan fingerprint density at radius 2 is 1.70 bits per heavy atom. The second-order valence-electron chi connectivity index (χ2n) is 6.32. The highest BCUT2D eigenvalue weighted by Crippen LogP contribution is 2.34. The molecule has 4 nitrogen and oxygen atoms in total. The Labute approximate surface area is 171 Å². The van der Waals surface area contributed by atoms with Crippen molar-refractivity contribution in [2.75, 3.05) is 26.4 Å². The standard InChI is InChI=1S/C22H30BrNO3/c1-4-25-12-6-11-24-15-19-13-21(26-5-2)22(14-20(19)23)27-16-18-9-7-17(3)8-10-18/h7-10,13-14,24H,4-6,11-12,15-16H2,1-3H3. The molecule has 2 aromatic rings. The molecule has 27 heavy (non-hydrogen) atoms. The van der Waals surface area contributed by atoms with Gasteiger partial charge < -0.3 is 19.5 Å². The topological polar surface area (TPSA) is 39.7 Å². The molecule has 0 amide bonds. The Bertz CT molecular complexity index is 689. The first-order valence-electron chi connectivity index (χ1n) is 9.56. The van der Waals surface area contributed by atoms with Crippen LogP contribution < -0.4 is 14.8 Å². The Hall–Kier alpha value is -1.56. The smallest absolute Gasteiger partial charge is 0.162 e. The van der Waals surface area contributed by atoms with E-state index in [1.165, 1.54) is 5.56 Å². The third-order valence-electron chi connectivity index (χ3n) is 4.09. The van der Waals surface area contributed by atoms with Gasteiger partial charge in [-0.2, -0.15) is 0 Å². The summed E-state index contributed by atoms with van der Waals surface area (Å²) < 4.78 is 18.2. The minimum absolute atomic E-state index is 0.516. The van der Waals surface area contributed by atoms with Gasteiger partial charge in [-0.1, -0.05) is 45.8 Å². The lowest BCUT2D eigenvalue weighted by Crippen LogP contribution is -2.17. The number of halogens is 1. The summed E-state index contributed by atoms with van der Waals surface area (Å²) in [6.45, 7) is 10.4. The van der Waals surface area contributed by atoms with Crippen molar-refractivity contribution in [2.45, 2.75) is 40.3 Å². The van der Waals surface area contributed by atoms with Crippen molar-refractivity contribution < 1.29 is 14.2 Å². The molecule has 0 atom stereocenters. The van der Waals surface area contributed by atoms with Crippen molar-refractivity contribution in [3.8, 4) is 11.5 Å². The summed E-state index contributed by atoms with van der Waals surface area (Å²) in [5.41, 5.74) is 3.53. The molecule has 5 heteroatoms. The van der Waals surface area contributed by atoms with Gasteiger partial charge >= 0.3 is 0 Å². The average Bonchev–Trinajstić information content (AvgIpc) is 2.67. The number of hydrogen-bond acceptors (Lipinski definition) is 4. The highest BCUT2D eigenvalue weighted by atomic mass is 79.9. The van der Waals surface area contributed by atoms with E-state index < -0.39 is 0 Å². The van der Waals surface area contributed by atoms with E-state index in [9.17, 15) is 0 Å². The SMILES string of the molecule is CCOCCCNCc1cc(OCC)c(OCc2ccc(C)cc2)cc1Br. The lowest BCUT2D eigenvalue weighted by molar-refractivity contribution is 0.144. The van der Waals surface area contributed by atoms with Gasteiger partial charge in [-0.15, -0.1) is 0 Å². The molecule has 148 valence electrons. The number of aryl methyl sites for hydroxylation is 1. The molecular formula is C22H30BrNO3. The molecule has 0 aliphatic heterocycles. The molecule has 0 heterocycles. The minimum Gasteiger partial charge on any atom is -0.490 e. The van der Waals surface area contributed by atoms with Gasteiger partial charge in [0.05, 0.1) is 6.61 Å². The molecule has 0 aliphatic rings. The lowest BCUT2D eigenvalue weighted by Gasteiger charge is -2.15. The van der Waals surface area contributed by atoms with Crippen molar-refractivity contribution >= 4 is 15.9 Å².